The lowest BCUT2D eigenvalue weighted by molar-refractivity contribution is 0.444. The summed E-state index contributed by atoms with van der Waals surface area (Å²) >= 11 is 4.91. The van der Waals surface area contributed by atoms with E-state index in [9.17, 15) is 8.42 Å². The minimum absolute atomic E-state index is 0.0128. The Morgan fingerprint density at radius 3 is 2.70 bits per heavy atom. The van der Waals surface area contributed by atoms with Crippen LogP contribution in [-0.2, 0) is 15.8 Å². The van der Waals surface area contributed by atoms with Gasteiger partial charge in [0.05, 0.1) is 5.75 Å². The van der Waals surface area contributed by atoms with Crippen LogP contribution in [-0.4, -0.2) is 31.3 Å². The number of hydrogen-bond acceptors (Lipinski definition) is 3. The Morgan fingerprint density at radius 2 is 2.15 bits per heavy atom. The maximum Gasteiger partial charge on any atom is 0.218 e. The van der Waals surface area contributed by atoms with Crippen molar-refractivity contribution < 1.29 is 8.42 Å². The minimum atomic E-state index is -3.29. The highest BCUT2D eigenvalue weighted by molar-refractivity contribution is 7.88. The van der Waals surface area contributed by atoms with Crippen molar-refractivity contribution >= 4 is 27.2 Å². The highest BCUT2D eigenvalue weighted by atomic mass is 32.2. The molecule has 0 heterocycles. The quantitative estimate of drug-likeness (QED) is 0.813. The van der Waals surface area contributed by atoms with Gasteiger partial charge in [-0.3, -0.25) is 0 Å². The van der Waals surface area contributed by atoms with Gasteiger partial charge >= 0.3 is 0 Å². The molecule has 1 aromatic rings. The third-order valence-electron chi connectivity index (χ3n) is 3.80. The standard InChI is InChI=1S/C14H20N2O2S2/c1-10-6-13(10)8-16(2)20(17,18)9-11-4-3-5-12(7-11)14(15)19/h3-5,7,10,13H,6,8-9H2,1-2H3,(H2,15,19). The first kappa shape index (κ1) is 15.4. The van der Waals surface area contributed by atoms with E-state index in [2.05, 4.69) is 6.92 Å². The van der Waals surface area contributed by atoms with Gasteiger partial charge in [0, 0.05) is 19.2 Å². The molecule has 4 nitrogen and oxygen atoms in total. The zero-order valence-electron chi connectivity index (χ0n) is 11.7. The van der Waals surface area contributed by atoms with Crippen molar-refractivity contribution in [3.05, 3.63) is 35.4 Å². The van der Waals surface area contributed by atoms with Crippen LogP contribution in [0.2, 0.25) is 0 Å². The molecule has 1 aliphatic carbocycles. The molecule has 6 heteroatoms. The molecule has 110 valence electrons. The molecule has 0 saturated heterocycles. The number of sulfonamides is 1. The van der Waals surface area contributed by atoms with Crippen LogP contribution in [0.4, 0.5) is 0 Å². The highest BCUT2D eigenvalue weighted by Crippen LogP contribution is 2.38. The molecule has 1 fully saturated rings. The molecule has 0 aromatic heterocycles. The van der Waals surface area contributed by atoms with E-state index >= 15 is 0 Å². The van der Waals surface area contributed by atoms with Crippen LogP contribution in [0.5, 0.6) is 0 Å². The fourth-order valence-electron chi connectivity index (χ4n) is 2.23. The van der Waals surface area contributed by atoms with Crippen molar-refractivity contribution in [3.63, 3.8) is 0 Å². The van der Waals surface area contributed by atoms with Crippen molar-refractivity contribution in [1.82, 2.24) is 4.31 Å². The lowest BCUT2D eigenvalue weighted by Gasteiger charge is -2.17. The summed E-state index contributed by atoms with van der Waals surface area (Å²) in [5, 5.41) is 0. The summed E-state index contributed by atoms with van der Waals surface area (Å²) in [4.78, 5) is 0.282. The van der Waals surface area contributed by atoms with Crippen molar-refractivity contribution in [1.29, 1.82) is 0 Å². The average molecular weight is 312 g/mol. The van der Waals surface area contributed by atoms with Gasteiger partial charge in [0.1, 0.15) is 4.99 Å². The van der Waals surface area contributed by atoms with Crippen LogP contribution in [0.25, 0.3) is 0 Å². The Morgan fingerprint density at radius 1 is 1.50 bits per heavy atom. The largest absolute Gasteiger partial charge is 0.389 e. The molecule has 2 N–H and O–H groups in total. The van der Waals surface area contributed by atoms with E-state index in [0.29, 0.717) is 29.5 Å². The summed E-state index contributed by atoms with van der Waals surface area (Å²) in [7, 11) is -1.63. The van der Waals surface area contributed by atoms with Crippen molar-refractivity contribution in [2.75, 3.05) is 13.6 Å². The van der Waals surface area contributed by atoms with E-state index in [4.69, 9.17) is 18.0 Å². The molecule has 20 heavy (non-hydrogen) atoms. The predicted octanol–water partition coefficient (Wildman–Crippen LogP) is 1.74. The fraction of sp³-hybridized carbons (Fsp3) is 0.500. The Kier molecular flexibility index (Phi) is 4.46. The number of thiocarbonyl (C=S) groups is 1. The van der Waals surface area contributed by atoms with Crippen molar-refractivity contribution in [2.45, 2.75) is 19.1 Å². The Bertz CT molecular complexity index is 613. The van der Waals surface area contributed by atoms with E-state index in [1.165, 1.54) is 4.31 Å². The van der Waals surface area contributed by atoms with E-state index in [0.717, 1.165) is 6.42 Å². The minimum Gasteiger partial charge on any atom is -0.389 e. The van der Waals surface area contributed by atoms with Gasteiger partial charge in [-0.05, 0) is 29.9 Å². The first-order valence-corrected chi connectivity index (χ1v) is 8.64. The van der Waals surface area contributed by atoms with Crippen LogP contribution >= 0.6 is 12.2 Å². The lowest BCUT2D eigenvalue weighted by atomic mass is 10.1. The molecule has 2 unspecified atom stereocenters. The first-order chi connectivity index (χ1) is 9.29. The van der Waals surface area contributed by atoms with E-state index in [1.807, 2.05) is 0 Å². The number of nitrogens with two attached hydrogens (primary N) is 1. The number of benzene rings is 1. The SMILES string of the molecule is CC1CC1CN(C)S(=O)(=O)Cc1cccc(C(N)=S)c1. The fourth-order valence-corrected chi connectivity index (χ4v) is 3.60. The molecule has 0 radical (unpaired) electrons. The molecule has 0 bridgehead atoms. The second kappa shape index (κ2) is 5.79. The van der Waals surface area contributed by atoms with Gasteiger partial charge in [0.15, 0.2) is 0 Å². The topological polar surface area (TPSA) is 63.4 Å². The van der Waals surface area contributed by atoms with Gasteiger partial charge in [-0.2, -0.15) is 0 Å². The molecule has 0 aliphatic heterocycles. The van der Waals surface area contributed by atoms with Crippen LogP contribution in [0.3, 0.4) is 0 Å². The molecule has 1 saturated carbocycles. The van der Waals surface area contributed by atoms with Gasteiger partial charge in [0.2, 0.25) is 10.0 Å². The summed E-state index contributed by atoms with van der Waals surface area (Å²) in [6, 6.07) is 7.09. The average Bonchev–Trinajstić information content (AvgIpc) is 3.04. The Labute approximate surface area is 126 Å². The molecule has 2 atom stereocenters. The summed E-state index contributed by atoms with van der Waals surface area (Å²) in [5.41, 5.74) is 6.98. The molecule has 1 aliphatic rings. The van der Waals surface area contributed by atoms with Gasteiger partial charge in [0.25, 0.3) is 0 Å². The van der Waals surface area contributed by atoms with Crippen LogP contribution in [0, 0.1) is 11.8 Å². The van der Waals surface area contributed by atoms with Crippen molar-refractivity contribution in [3.8, 4) is 0 Å². The summed E-state index contributed by atoms with van der Waals surface area (Å²) < 4.78 is 26.1. The van der Waals surface area contributed by atoms with Crippen LogP contribution in [0.15, 0.2) is 24.3 Å². The number of hydrogen-bond donors (Lipinski definition) is 1. The molecular weight excluding hydrogens is 292 g/mol. The summed E-state index contributed by atoms with van der Waals surface area (Å²) in [5.74, 6) is 1.14. The van der Waals surface area contributed by atoms with Gasteiger partial charge in [-0.15, -0.1) is 0 Å². The monoisotopic (exact) mass is 312 g/mol. The lowest BCUT2D eigenvalue weighted by Crippen LogP contribution is -2.30. The van der Waals surface area contributed by atoms with E-state index in [1.54, 1.807) is 31.3 Å². The zero-order valence-corrected chi connectivity index (χ0v) is 13.4. The highest BCUT2D eigenvalue weighted by Gasteiger charge is 2.35. The Balaban J connectivity index is 2.07. The second-order valence-electron chi connectivity index (χ2n) is 5.57. The van der Waals surface area contributed by atoms with Gasteiger partial charge in [-0.25, -0.2) is 12.7 Å². The Hall–Kier alpha value is -0.980. The smallest absolute Gasteiger partial charge is 0.218 e. The molecular formula is C14H20N2O2S2. The molecule has 0 amide bonds. The summed E-state index contributed by atoms with van der Waals surface area (Å²) in [6.45, 7) is 2.76. The van der Waals surface area contributed by atoms with E-state index in [-0.39, 0.29) is 10.7 Å². The maximum absolute atomic E-state index is 12.3. The molecule has 1 aromatic carbocycles. The maximum atomic E-state index is 12.3. The third-order valence-corrected chi connectivity index (χ3v) is 5.84. The predicted molar refractivity (Wildman–Crippen MR) is 84.9 cm³/mol. The zero-order chi connectivity index (χ0) is 14.9. The van der Waals surface area contributed by atoms with Crippen LogP contribution < -0.4 is 5.73 Å². The second-order valence-corrected chi connectivity index (χ2v) is 8.09. The number of rotatable bonds is 6. The first-order valence-electron chi connectivity index (χ1n) is 6.62. The molecule has 2 rings (SSSR count). The van der Waals surface area contributed by atoms with E-state index < -0.39 is 10.0 Å². The van der Waals surface area contributed by atoms with Crippen molar-refractivity contribution in [2.24, 2.45) is 17.6 Å². The number of nitrogens with zero attached hydrogens (tertiary/aromatic N) is 1. The molecule has 0 spiro atoms. The van der Waals surface area contributed by atoms with Crippen LogP contribution in [0.1, 0.15) is 24.5 Å². The third kappa shape index (κ3) is 3.77. The normalized spacial score (nSPS) is 21.9. The van der Waals surface area contributed by atoms with Gasteiger partial charge < -0.3 is 5.73 Å². The van der Waals surface area contributed by atoms with Gasteiger partial charge in [-0.1, -0.05) is 37.3 Å². The summed E-state index contributed by atoms with van der Waals surface area (Å²) in [6.07, 6.45) is 1.12.